The van der Waals surface area contributed by atoms with E-state index in [9.17, 15) is 0 Å². The summed E-state index contributed by atoms with van der Waals surface area (Å²) in [6, 6.07) is 1.86. The molecule has 3 rings (SSSR count). The van der Waals surface area contributed by atoms with Crippen molar-refractivity contribution in [2.24, 2.45) is 23.6 Å². The molecule has 5 nitrogen and oxygen atoms in total. The Kier molecular flexibility index (Phi) is 3.07. The maximum absolute atomic E-state index is 5.39. The molecule has 5 heteroatoms. The van der Waals surface area contributed by atoms with Gasteiger partial charge in [0.15, 0.2) is 0 Å². The normalized spacial score (nSPS) is 29.6. The van der Waals surface area contributed by atoms with Crippen molar-refractivity contribution >= 4 is 11.6 Å². The van der Waals surface area contributed by atoms with Gasteiger partial charge in [0.05, 0.1) is 0 Å². The number of hydrogen-bond acceptors (Lipinski definition) is 5. The summed E-state index contributed by atoms with van der Waals surface area (Å²) in [5.41, 5.74) is 2.57. The van der Waals surface area contributed by atoms with Crippen LogP contribution in [0, 0.1) is 24.7 Å². The van der Waals surface area contributed by atoms with E-state index >= 15 is 0 Å². The van der Waals surface area contributed by atoms with Crippen molar-refractivity contribution in [3.63, 3.8) is 0 Å². The lowest BCUT2D eigenvalue weighted by molar-refractivity contribution is 0.348. The van der Waals surface area contributed by atoms with Gasteiger partial charge in [-0.15, -0.1) is 0 Å². The highest BCUT2D eigenvalue weighted by molar-refractivity contribution is 5.46. The molecular formula is C13H21N5. The minimum Gasteiger partial charge on any atom is -0.370 e. The van der Waals surface area contributed by atoms with Gasteiger partial charge < -0.3 is 10.7 Å². The topological polar surface area (TPSA) is 75.9 Å². The van der Waals surface area contributed by atoms with E-state index < -0.39 is 0 Å². The van der Waals surface area contributed by atoms with E-state index in [4.69, 9.17) is 5.84 Å². The van der Waals surface area contributed by atoms with Gasteiger partial charge in [0.1, 0.15) is 17.5 Å². The molecule has 0 spiro atoms. The van der Waals surface area contributed by atoms with Crippen LogP contribution in [0.1, 0.15) is 31.5 Å². The number of nitrogen functional groups attached to an aromatic ring is 1. The first-order valence-corrected chi connectivity index (χ1v) is 6.81. The second-order valence-electron chi connectivity index (χ2n) is 5.65. The fourth-order valence-corrected chi connectivity index (χ4v) is 3.59. The fraction of sp³-hybridized carbons (Fsp3) is 0.692. The fourth-order valence-electron chi connectivity index (χ4n) is 3.59. The molecule has 2 aliphatic carbocycles. The molecule has 0 saturated heterocycles. The Morgan fingerprint density at radius 1 is 1.28 bits per heavy atom. The van der Waals surface area contributed by atoms with Crippen molar-refractivity contribution in [1.82, 2.24) is 9.97 Å². The van der Waals surface area contributed by atoms with Crippen LogP contribution in [0.4, 0.5) is 11.6 Å². The zero-order valence-electron chi connectivity index (χ0n) is 10.8. The van der Waals surface area contributed by atoms with Crippen LogP contribution in [0.25, 0.3) is 0 Å². The van der Waals surface area contributed by atoms with Crippen LogP contribution in [0.15, 0.2) is 6.07 Å². The standard InChI is InChI=1S/C13H21N5/c1-8-16-12(6-13(17-8)18-14)15-7-11-5-9-2-3-10(11)4-9/h6,9-11H,2-5,7,14H2,1H3,(H2,15,16,17,18). The molecule has 3 atom stereocenters. The Morgan fingerprint density at radius 2 is 2.11 bits per heavy atom. The van der Waals surface area contributed by atoms with Gasteiger partial charge in [0.25, 0.3) is 0 Å². The molecule has 0 aromatic carbocycles. The van der Waals surface area contributed by atoms with Gasteiger partial charge in [0, 0.05) is 12.6 Å². The summed E-state index contributed by atoms with van der Waals surface area (Å²) in [7, 11) is 0. The first-order valence-electron chi connectivity index (χ1n) is 6.81. The number of nitrogens with one attached hydrogen (secondary N) is 2. The number of aryl methyl sites for hydroxylation is 1. The van der Waals surface area contributed by atoms with Crippen molar-refractivity contribution in [2.75, 3.05) is 17.3 Å². The number of anilines is 2. The highest BCUT2D eigenvalue weighted by atomic mass is 15.3. The van der Waals surface area contributed by atoms with E-state index in [-0.39, 0.29) is 0 Å². The summed E-state index contributed by atoms with van der Waals surface area (Å²) in [4.78, 5) is 8.57. The second-order valence-corrected chi connectivity index (χ2v) is 5.65. The third kappa shape index (κ3) is 2.27. The van der Waals surface area contributed by atoms with Gasteiger partial charge >= 0.3 is 0 Å². The van der Waals surface area contributed by atoms with E-state index in [1.54, 1.807) is 0 Å². The molecule has 2 bridgehead atoms. The first-order chi connectivity index (χ1) is 8.74. The number of fused-ring (bicyclic) bond motifs is 2. The highest BCUT2D eigenvalue weighted by Crippen LogP contribution is 2.48. The smallest absolute Gasteiger partial charge is 0.145 e. The molecule has 1 aromatic rings. The monoisotopic (exact) mass is 247 g/mol. The largest absolute Gasteiger partial charge is 0.370 e. The second kappa shape index (κ2) is 4.72. The van der Waals surface area contributed by atoms with Crippen molar-refractivity contribution in [3.8, 4) is 0 Å². The van der Waals surface area contributed by atoms with Crippen molar-refractivity contribution < 1.29 is 0 Å². The molecule has 0 amide bonds. The van der Waals surface area contributed by atoms with Gasteiger partial charge in [-0.25, -0.2) is 15.8 Å². The summed E-state index contributed by atoms with van der Waals surface area (Å²) in [6.45, 7) is 2.91. The Balaban J connectivity index is 1.61. The van der Waals surface area contributed by atoms with Crippen LogP contribution in [-0.4, -0.2) is 16.5 Å². The summed E-state index contributed by atoms with van der Waals surface area (Å²) < 4.78 is 0. The Hall–Kier alpha value is -1.36. The quantitative estimate of drug-likeness (QED) is 0.560. The minimum atomic E-state index is 0.665. The molecule has 1 aromatic heterocycles. The lowest BCUT2D eigenvalue weighted by Crippen LogP contribution is -2.21. The number of nitrogens with zero attached hydrogens (tertiary/aromatic N) is 2. The summed E-state index contributed by atoms with van der Waals surface area (Å²) >= 11 is 0. The maximum atomic E-state index is 5.39. The molecule has 4 N–H and O–H groups in total. The highest BCUT2D eigenvalue weighted by Gasteiger charge is 2.39. The molecule has 18 heavy (non-hydrogen) atoms. The van der Waals surface area contributed by atoms with Gasteiger partial charge in [-0.3, -0.25) is 0 Å². The zero-order valence-corrected chi connectivity index (χ0v) is 10.8. The maximum Gasteiger partial charge on any atom is 0.145 e. The first kappa shape index (κ1) is 11.7. The lowest BCUT2D eigenvalue weighted by atomic mass is 9.89. The van der Waals surface area contributed by atoms with E-state index in [1.807, 2.05) is 13.0 Å². The summed E-state index contributed by atoms with van der Waals surface area (Å²) in [5.74, 6) is 10.4. The molecule has 2 fully saturated rings. The average Bonchev–Trinajstić information content (AvgIpc) is 2.97. The summed E-state index contributed by atoms with van der Waals surface area (Å²) in [6.07, 6.45) is 5.72. The molecule has 0 aliphatic heterocycles. The SMILES string of the molecule is Cc1nc(NN)cc(NCC2CC3CCC2C3)n1. The molecular weight excluding hydrogens is 226 g/mol. The summed E-state index contributed by atoms with van der Waals surface area (Å²) in [5, 5.41) is 3.44. The molecule has 1 heterocycles. The molecule has 2 aliphatic rings. The predicted octanol–water partition coefficient (Wildman–Crippen LogP) is 1.92. The Bertz CT molecular complexity index is 433. The Labute approximate surface area is 108 Å². The van der Waals surface area contributed by atoms with E-state index in [1.165, 1.54) is 25.7 Å². The third-order valence-electron chi connectivity index (χ3n) is 4.42. The van der Waals surface area contributed by atoms with Crippen LogP contribution >= 0.6 is 0 Å². The Morgan fingerprint density at radius 3 is 2.78 bits per heavy atom. The van der Waals surface area contributed by atoms with Crippen molar-refractivity contribution in [2.45, 2.75) is 32.6 Å². The minimum absolute atomic E-state index is 0.665. The van der Waals surface area contributed by atoms with E-state index in [2.05, 4.69) is 20.7 Å². The van der Waals surface area contributed by atoms with Gasteiger partial charge in [-0.05, 0) is 43.9 Å². The number of rotatable bonds is 4. The number of hydrazine groups is 1. The van der Waals surface area contributed by atoms with Crippen LogP contribution < -0.4 is 16.6 Å². The molecule has 3 unspecified atom stereocenters. The van der Waals surface area contributed by atoms with Crippen molar-refractivity contribution in [1.29, 1.82) is 0 Å². The average molecular weight is 247 g/mol. The van der Waals surface area contributed by atoms with Gasteiger partial charge in [-0.2, -0.15) is 0 Å². The molecule has 2 saturated carbocycles. The number of aromatic nitrogens is 2. The predicted molar refractivity (Wildman–Crippen MR) is 72.0 cm³/mol. The van der Waals surface area contributed by atoms with Crippen LogP contribution in [0.3, 0.4) is 0 Å². The van der Waals surface area contributed by atoms with Gasteiger partial charge in [0.2, 0.25) is 0 Å². The van der Waals surface area contributed by atoms with Gasteiger partial charge in [-0.1, -0.05) is 6.42 Å². The lowest BCUT2D eigenvalue weighted by Gasteiger charge is -2.22. The zero-order chi connectivity index (χ0) is 12.5. The van der Waals surface area contributed by atoms with E-state index in [0.717, 1.165) is 35.9 Å². The van der Waals surface area contributed by atoms with Crippen LogP contribution in [-0.2, 0) is 0 Å². The van der Waals surface area contributed by atoms with Crippen molar-refractivity contribution in [3.05, 3.63) is 11.9 Å². The van der Waals surface area contributed by atoms with E-state index in [0.29, 0.717) is 5.82 Å². The number of hydrogen-bond donors (Lipinski definition) is 3. The molecule has 0 radical (unpaired) electrons. The number of nitrogens with two attached hydrogens (primary N) is 1. The molecule has 98 valence electrons. The van der Waals surface area contributed by atoms with Crippen LogP contribution in [0.5, 0.6) is 0 Å². The third-order valence-corrected chi connectivity index (χ3v) is 4.42. The van der Waals surface area contributed by atoms with Crippen LogP contribution in [0.2, 0.25) is 0 Å².